The van der Waals surface area contributed by atoms with Crippen LogP contribution in [-0.2, 0) is 9.59 Å². The molecule has 0 saturated heterocycles. The predicted octanol–water partition coefficient (Wildman–Crippen LogP) is 4.48. The van der Waals surface area contributed by atoms with Crippen molar-refractivity contribution in [1.82, 2.24) is 10.6 Å². The minimum Gasteiger partial charge on any atom is -0.494 e. The first-order valence-corrected chi connectivity index (χ1v) is 10.4. The van der Waals surface area contributed by atoms with E-state index in [1.165, 1.54) is 0 Å². The van der Waals surface area contributed by atoms with Crippen molar-refractivity contribution in [1.29, 1.82) is 0 Å². The molecule has 0 spiro atoms. The third kappa shape index (κ3) is 5.72. The van der Waals surface area contributed by atoms with Crippen LogP contribution in [0, 0.1) is 6.92 Å². The maximum atomic E-state index is 12.8. The van der Waals surface area contributed by atoms with Crippen LogP contribution in [0.15, 0.2) is 78.9 Å². The topological polar surface area (TPSA) is 67.4 Å². The molecular weight excluding hydrogens is 388 g/mol. The summed E-state index contributed by atoms with van der Waals surface area (Å²) in [5.41, 5.74) is 3.70. The molecule has 31 heavy (non-hydrogen) atoms. The molecule has 3 aromatic carbocycles. The summed E-state index contributed by atoms with van der Waals surface area (Å²) >= 11 is 0. The van der Waals surface area contributed by atoms with Crippen molar-refractivity contribution in [2.24, 2.45) is 0 Å². The Morgan fingerprint density at radius 2 is 1.39 bits per heavy atom. The highest BCUT2D eigenvalue weighted by atomic mass is 16.5. The third-order valence-corrected chi connectivity index (χ3v) is 5.03. The van der Waals surface area contributed by atoms with Gasteiger partial charge in [0.2, 0.25) is 0 Å². The van der Waals surface area contributed by atoms with Crippen molar-refractivity contribution in [3.63, 3.8) is 0 Å². The lowest BCUT2D eigenvalue weighted by molar-refractivity contribution is -0.139. The fraction of sp³-hybridized carbons (Fsp3) is 0.231. The standard InChI is InChI=1S/C26H28N2O3/c1-4-31-23-16-15-18(2)17-22(23)19(3)27-25(29)26(30)28-24(20-11-7-5-8-12-20)21-13-9-6-10-14-21/h5-17,19,24H,4H2,1-3H3,(H,27,29)(H,28,30). The first-order chi connectivity index (χ1) is 15.0. The third-order valence-electron chi connectivity index (χ3n) is 5.03. The molecule has 0 aromatic heterocycles. The molecule has 0 heterocycles. The number of hydrogen-bond acceptors (Lipinski definition) is 3. The van der Waals surface area contributed by atoms with E-state index in [0.717, 1.165) is 22.3 Å². The highest BCUT2D eigenvalue weighted by Crippen LogP contribution is 2.27. The summed E-state index contributed by atoms with van der Waals surface area (Å²) in [4.78, 5) is 25.5. The molecule has 3 rings (SSSR count). The van der Waals surface area contributed by atoms with Crippen molar-refractivity contribution in [3.05, 3.63) is 101 Å². The summed E-state index contributed by atoms with van der Waals surface area (Å²) < 4.78 is 5.68. The minimum absolute atomic E-state index is 0.383. The van der Waals surface area contributed by atoms with Gasteiger partial charge in [0.1, 0.15) is 5.75 Å². The fourth-order valence-electron chi connectivity index (χ4n) is 3.48. The number of ether oxygens (including phenoxy) is 1. The fourth-order valence-corrected chi connectivity index (χ4v) is 3.48. The second kappa shape index (κ2) is 10.4. The molecule has 0 bridgehead atoms. The number of carbonyl (C=O) groups is 2. The molecule has 0 aliphatic rings. The van der Waals surface area contributed by atoms with Crippen LogP contribution in [0.5, 0.6) is 5.75 Å². The first-order valence-electron chi connectivity index (χ1n) is 10.4. The maximum Gasteiger partial charge on any atom is 0.310 e. The first kappa shape index (κ1) is 22.1. The van der Waals surface area contributed by atoms with E-state index in [-0.39, 0.29) is 6.04 Å². The lowest BCUT2D eigenvalue weighted by atomic mass is 9.98. The quantitative estimate of drug-likeness (QED) is 0.558. The number of aryl methyl sites for hydroxylation is 1. The van der Waals surface area contributed by atoms with E-state index in [4.69, 9.17) is 4.74 Å². The predicted molar refractivity (Wildman–Crippen MR) is 122 cm³/mol. The minimum atomic E-state index is -0.687. The van der Waals surface area contributed by atoms with Crippen molar-refractivity contribution < 1.29 is 14.3 Å². The molecule has 2 amide bonds. The number of hydrogen-bond donors (Lipinski definition) is 2. The van der Waals surface area contributed by atoms with E-state index in [1.807, 2.05) is 99.6 Å². The van der Waals surface area contributed by atoms with Gasteiger partial charge in [0.05, 0.1) is 18.7 Å². The highest BCUT2D eigenvalue weighted by molar-refractivity contribution is 6.35. The number of nitrogens with one attached hydrogen (secondary N) is 2. The van der Waals surface area contributed by atoms with Crippen LogP contribution in [0.25, 0.3) is 0 Å². The van der Waals surface area contributed by atoms with E-state index in [1.54, 1.807) is 0 Å². The molecule has 5 nitrogen and oxygen atoms in total. The van der Waals surface area contributed by atoms with Gasteiger partial charge in [0.25, 0.3) is 0 Å². The molecule has 160 valence electrons. The molecule has 0 fully saturated rings. The molecule has 0 aliphatic heterocycles. The normalized spacial score (nSPS) is 11.6. The van der Waals surface area contributed by atoms with Crippen molar-refractivity contribution in [2.45, 2.75) is 32.9 Å². The van der Waals surface area contributed by atoms with Gasteiger partial charge >= 0.3 is 11.8 Å². The zero-order chi connectivity index (χ0) is 22.2. The number of benzene rings is 3. The van der Waals surface area contributed by atoms with Gasteiger partial charge in [0.15, 0.2) is 0 Å². The second-order valence-corrected chi connectivity index (χ2v) is 7.40. The number of carbonyl (C=O) groups excluding carboxylic acids is 2. The van der Waals surface area contributed by atoms with Gasteiger partial charge in [-0.2, -0.15) is 0 Å². The molecule has 3 aromatic rings. The van der Waals surface area contributed by atoms with E-state index < -0.39 is 17.9 Å². The summed E-state index contributed by atoms with van der Waals surface area (Å²) in [6, 6.07) is 24.2. The SMILES string of the molecule is CCOc1ccc(C)cc1C(C)NC(=O)C(=O)NC(c1ccccc1)c1ccccc1. The molecule has 0 radical (unpaired) electrons. The zero-order valence-corrected chi connectivity index (χ0v) is 18.1. The van der Waals surface area contributed by atoms with Crippen LogP contribution < -0.4 is 15.4 Å². The summed E-state index contributed by atoms with van der Waals surface area (Å²) in [5.74, 6) is -0.670. The summed E-state index contributed by atoms with van der Waals surface area (Å²) in [7, 11) is 0. The molecule has 2 N–H and O–H groups in total. The Balaban J connectivity index is 1.76. The average Bonchev–Trinajstić information content (AvgIpc) is 2.79. The van der Waals surface area contributed by atoms with Gasteiger partial charge in [-0.25, -0.2) is 0 Å². The lowest BCUT2D eigenvalue weighted by Gasteiger charge is -2.21. The van der Waals surface area contributed by atoms with Gasteiger partial charge in [-0.1, -0.05) is 78.4 Å². The van der Waals surface area contributed by atoms with E-state index >= 15 is 0 Å². The molecule has 5 heteroatoms. The van der Waals surface area contributed by atoms with Crippen LogP contribution in [-0.4, -0.2) is 18.4 Å². The van der Waals surface area contributed by atoms with E-state index in [0.29, 0.717) is 12.4 Å². The summed E-state index contributed by atoms with van der Waals surface area (Å²) in [5, 5.41) is 5.67. The second-order valence-electron chi connectivity index (χ2n) is 7.40. The van der Waals surface area contributed by atoms with Crippen molar-refractivity contribution in [3.8, 4) is 5.75 Å². The molecule has 1 unspecified atom stereocenters. The maximum absolute atomic E-state index is 12.8. The Bertz CT molecular complexity index is 980. The van der Waals surface area contributed by atoms with E-state index in [2.05, 4.69) is 10.6 Å². The average molecular weight is 417 g/mol. The number of amides is 2. The van der Waals surface area contributed by atoms with Gasteiger partial charge in [-0.3, -0.25) is 9.59 Å². The largest absolute Gasteiger partial charge is 0.494 e. The molecule has 0 aliphatic carbocycles. The van der Waals surface area contributed by atoms with Crippen LogP contribution in [0.4, 0.5) is 0 Å². The Morgan fingerprint density at radius 1 is 0.839 bits per heavy atom. The monoisotopic (exact) mass is 416 g/mol. The van der Waals surface area contributed by atoms with Crippen LogP contribution >= 0.6 is 0 Å². The molecular formula is C26H28N2O3. The lowest BCUT2D eigenvalue weighted by Crippen LogP contribution is -2.42. The van der Waals surface area contributed by atoms with Crippen LogP contribution in [0.1, 0.15) is 48.2 Å². The zero-order valence-electron chi connectivity index (χ0n) is 18.1. The molecule has 1 atom stereocenters. The van der Waals surface area contributed by atoms with Crippen LogP contribution in [0.2, 0.25) is 0 Å². The van der Waals surface area contributed by atoms with Gasteiger partial charge < -0.3 is 15.4 Å². The van der Waals surface area contributed by atoms with Gasteiger partial charge in [0, 0.05) is 5.56 Å². The van der Waals surface area contributed by atoms with Crippen LogP contribution in [0.3, 0.4) is 0 Å². The Kier molecular flexibility index (Phi) is 7.44. The Morgan fingerprint density at radius 3 is 1.94 bits per heavy atom. The highest BCUT2D eigenvalue weighted by Gasteiger charge is 2.23. The summed E-state index contributed by atoms with van der Waals surface area (Å²) in [6.45, 7) is 6.25. The smallest absolute Gasteiger partial charge is 0.310 e. The Labute approximate surface area is 183 Å². The Hall–Kier alpha value is -3.60. The number of rotatable bonds is 7. The van der Waals surface area contributed by atoms with Gasteiger partial charge in [-0.05, 0) is 38.0 Å². The molecule has 0 saturated carbocycles. The van der Waals surface area contributed by atoms with Crippen molar-refractivity contribution >= 4 is 11.8 Å². The van der Waals surface area contributed by atoms with E-state index in [9.17, 15) is 9.59 Å². The van der Waals surface area contributed by atoms with Gasteiger partial charge in [-0.15, -0.1) is 0 Å². The summed E-state index contributed by atoms with van der Waals surface area (Å²) in [6.07, 6.45) is 0. The van der Waals surface area contributed by atoms with Crippen molar-refractivity contribution in [2.75, 3.05) is 6.61 Å².